The van der Waals surface area contributed by atoms with Gasteiger partial charge in [-0.2, -0.15) is 13.2 Å². The van der Waals surface area contributed by atoms with Crippen LogP contribution >= 0.6 is 23.2 Å². The number of fused-ring (bicyclic) bond motifs is 1. The average molecular weight is 469 g/mol. The summed E-state index contributed by atoms with van der Waals surface area (Å²) in [5, 5.41) is 11.3. The monoisotopic (exact) mass is 468 g/mol. The van der Waals surface area contributed by atoms with Crippen molar-refractivity contribution in [3.63, 3.8) is 0 Å². The molecule has 2 unspecified atom stereocenters. The first-order chi connectivity index (χ1) is 13.9. The van der Waals surface area contributed by atoms with E-state index in [1.54, 1.807) is 0 Å². The first kappa shape index (κ1) is 23.6. The third kappa shape index (κ3) is 5.92. The summed E-state index contributed by atoms with van der Waals surface area (Å²) in [6.07, 6.45) is -6.63. The van der Waals surface area contributed by atoms with Gasteiger partial charge in [0.25, 0.3) is 5.91 Å². The van der Waals surface area contributed by atoms with E-state index in [9.17, 15) is 27.9 Å². The lowest BCUT2D eigenvalue weighted by molar-refractivity contribution is -0.185. The van der Waals surface area contributed by atoms with E-state index in [1.165, 1.54) is 12.1 Å². The Morgan fingerprint density at radius 1 is 1.30 bits per heavy atom. The summed E-state index contributed by atoms with van der Waals surface area (Å²) in [7, 11) is 0. The molecule has 0 saturated heterocycles. The summed E-state index contributed by atoms with van der Waals surface area (Å²) >= 11 is 11.8. The van der Waals surface area contributed by atoms with E-state index in [2.05, 4.69) is 10.3 Å². The molecule has 1 aromatic rings. The van der Waals surface area contributed by atoms with Crippen molar-refractivity contribution in [2.75, 3.05) is 6.54 Å². The van der Waals surface area contributed by atoms with E-state index in [0.717, 1.165) is 6.08 Å². The fraction of sp³-hybridized carbons (Fsp3) is 0.353. The number of carbonyl (C=O) groups is 2. The predicted molar refractivity (Wildman–Crippen MR) is 104 cm³/mol. The SMILES string of the molecule is NC(N)=NCCCC(NC(=O)C1=Cc2cc(Cl)cc(Cl)c2OC1C(F)(F)F)C(=O)O. The second-order valence-corrected chi connectivity index (χ2v) is 7.10. The minimum atomic E-state index is -4.96. The molecule has 1 aliphatic rings. The number of aliphatic imine (C=N–C) groups is 1. The van der Waals surface area contributed by atoms with Crippen molar-refractivity contribution in [3.05, 3.63) is 33.3 Å². The number of nitrogens with zero attached hydrogens (tertiary/aromatic N) is 1. The van der Waals surface area contributed by atoms with Crippen molar-refractivity contribution in [1.29, 1.82) is 0 Å². The number of hydrogen-bond donors (Lipinski definition) is 4. The van der Waals surface area contributed by atoms with Crippen LogP contribution in [-0.4, -0.2) is 47.8 Å². The largest absolute Gasteiger partial charge is 0.480 e. The molecule has 30 heavy (non-hydrogen) atoms. The number of halogens is 5. The van der Waals surface area contributed by atoms with Crippen molar-refractivity contribution in [1.82, 2.24) is 5.32 Å². The Morgan fingerprint density at radius 3 is 2.53 bits per heavy atom. The van der Waals surface area contributed by atoms with Crippen LogP contribution in [0, 0.1) is 0 Å². The molecule has 2 atom stereocenters. The van der Waals surface area contributed by atoms with Gasteiger partial charge in [0.05, 0.1) is 10.6 Å². The zero-order valence-electron chi connectivity index (χ0n) is 15.2. The highest BCUT2D eigenvalue weighted by Gasteiger charge is 2.49. The quantitative estimate of drug-likeness (QED) is 0.275. The molecule has 1 amide bonds. The molecule has 0 aromatic heterocycles. The highest BCUT2D eigenvalue weighted by Crippen LogP contribution is 2.42. The number of carboxylic acid groups (broad SMARTS) is 1. The Hall–Kier alpha value is -2.66. The molecule has 8 nitrogen and oxygen atoms in total. The number of benzene rings is 1. The van der Waals surface area contributed by atoms with Gasteiger partial charge in [-0.1, -0.05) is 23.2 Å². The fourth-order valence-electron chi connectivity index (χ4n) is 2.67. The van der Waals surface area contributed by atoms with Gasteiger partial charge >= 0.3 is 12.1 Å². The van der Waals surface area contributed by atoms with Crippen molar-refractivity contribution in [2.45, 2.75) is 31.2 Å². The number of ether oxygens (including phenoxy) is 1. The smallest absolute Gasteiger partial charge is 0.429 e. The first-order valence-corrected chi connectivity index (χ1v) is 9.18. The van der Waals surface area contributed by atoms with E-state index in [-0.39, 0.29) is 46.7 Å². The van der Waals surface area contributed by atoms with Gasteiger partial charge in [-0.3, -0.25) is 9.79 Å². The second-order valence-electron chi connectivity index (χ2n) is 6.26. The molecule has 0 saturated carbocycles. The molecule has 1 aromatic carbocycles. The Labute approximate surface area is 178 Å². The maximum atomic E-state index is 13.5. The van der Waals surface area contributed by atoms with Crippen LogP contribution in [-0.2, 0) is 9.59 Å². The molecule has 0 spiro atoms. The number of guanidine groups is 1. The summed E-state index contributed by atoms with van der Waals surface area (Å²) in [6, 6.07) is 1.00. The Balaban J connectivity index is 2.29. The molecule has 2 rings (SSSR count). The summed E-state index contributed by atoms with van der Waals surface area (Å²) in [5.41, 5.74) is 9.54. The summed E-state index contributed by atoms with van der Waals surface area (Å²) in [4.78, 5) is 27.6. The molecular weight excluding hydrogens is 452 g/mol. The van der Waals surface area contributed by atoms with Gasteiger partial charge in [-0.25, -0.2) is 4.79 Å². The third-order valence-electron chi connectivity index (χ3n) is 3.97. The normalized spacial score (nSPS) is 16.6. The summed E-state index contributed by atoms with van der Waals surface area (Å²) in [5.74, 6) is -3.17. The molecule has 0 aliphatic carbocycles. The molecule has 164 valence electrons. The molecule has 0 fully saturated rings. The summed E-state index contributed by atoms with van der Waals surface area (Å²) in [6.45, 7) is 0.0866. The van der Waals surface area contributed by atoms with Gasteiger partial charge in [0.15, 0.2) is 5.96 Å². The summed E-state index contributed by atoms with van der Waals surface area (Å²) < 4.78 is 45.5. The maximum Gasteiger partial charge on any atom is 0.429 e. The molecule has 0 radical (unpaired) electrons. The second kappa shape index (κ2) is 9.43. The van der Waals surface area contributed by atoms with E-state index < -0.39 is 35.8 Å². The zero-order chi connectivity index (χ0) is 22.6. The first-order valence-electron chi connectivity index (χ1n) is 8.43. The Kier molecular flexibility index (Phi) is 7.43. The van der Waals surface area contributed by atoms with Crippen LogP contribution in [0.25, 0.3) is 6.08 Å². The lowest BCUT2D eigenvalue weighted by Crippen LogP contribution is -2.47. The zero-order valence-corrected chi connectivity index (χ0v) is 16.7. The van der Waals surface area contributed by atoms with Crippen molar-refractivity contribution < 1.29 is 32.6 Å². The maximum absolute atomic E-state index is 13.5. The van der Waals surface area contributed by atoms with Crippen molar-refractivity contribution in [3.8, 4) is 5.75 Å². The number of carbonyl (C=O) groups excluding carboxylic acids is 1. The fourth-order valence-corrected chi connectivity index (χ4v) is 3.22. The lowest BCUT2D eigenvalue weighted by Gasteiger charge is -2.29. The van der Waals surface area contributed by atoms with Gasteiger partial charge in [0.1, 0.15) is 11.8 Å². The number of hydrogen-bond acceptors (Lipinski definition) is 4. The molecule has 1 aliphatic heterocycles. The number of nitrogens with two attached hydrogens (primary N) is 2. The number of rotatable bonds is 7. The molecule has 6 N–H and O–H groups in total. The minimum Gasteiger partial charge on any atom is -0.480 e. The van der Waals surface area contributed by atoms with Crippen LogP contribution in [0.3, 0.4) is 0 Å². The van der Waals surface area contributed by atoms with Gasteiger partial charge < -0.3 is 26.6 Å². The minimum absolute atomic E-state index is 0.0535. The van der Waals surface area contributed by atoms with Gasteiger partial charge in [0, 0.05) is 17.1 Å². The van der Waals surface area contributed by atoms with Crippen LogP contribution in [0.5, 0.6) is 5.75 Å². The van der Waals surface area contributed by atoms with E-state index in [0.29, 0.717) is 0 Å². The molecule has 0 bridgehead atoms. The van der Waals surface area contributed by atoms with Crippen LogP contribution in [0.1, 0.15) is 18.4 Å². The Morgan fingerprint density at radius 2 is 1.97 bits per heavy atom. The number of alkyl halides is 3. The predicted octanol–water partition coefficient (Wildman–Crippen LogP) is 2.32. The molecule has 13 heteroatoms. The van der Waals surface area contributed by atoms with Gasteiger partial charge in [-0.05, 0) is 31.1 Å². The van der Waals surface area contributed by atoms with E-state index in [1.807, 2.05) is 0 Å². The topological polar surface area (TPSA) is 140 Å². The highest BCUT2D eigenvalue weighted by molar-refractivity contribution is 6.36. The molecular formula is C17H17Cl2F3N4O4. The number of nitrogens with one attached hydrogen (secondary N) is 1. The Bertz CT molecular complexity index is 902. The van der Waals surface area contributed by atoms with Gasteiger partial charge in [0.2, 0.25) is 6.10 Å². The number of carboxylic acids is 1. The van der Waals surface area contributed by atoms with Crippen molar-refractivity contribution >= 4 is 47.1 Å². The van der Waals surface area contributed by atoms with E-state index >= 15 is 0 Å². The van der Waals surface area contributed by atoms with Crippen molar-refractivity contribution in [2.24, 2.45) is 16.5 Å². The van der Waals surface area contributed by atoms with E-state index in [4.69, 9.17) is 39.4 Å². The highest BCUT2D eigenvalue weighted by atomic mass is 35.5. The van der Waals surface area contributed by atoms with Crippen LogP contribution < -0.4 is 21.5 Å². The molecule has 1 heterocycles. The van der Waals surface area contributed by atoms with Gasteiger partial charge in [-0.15, -0.1) is 0 Å². The third-order valence-corrected chi connectivity index (χ3v) is 4.47. The number of amides is 1. The van der Waals surface area contributed by atoms with Crippen LogP contribution in [0.2, 0.25) is 10.0 Å². The standard InChI is InChI=1S/C17H17Cl2F3N4O4/c18-8-4-7-5-9(13(17(20,21)22)30-12(7)10(19)6-8)14(27)26-11(15(28)29)2-1-3-25-16(23)24/h4-6,11,13H,1-3H2,(H,26,27)(H,28,29)(H4,23,24,25). The van der Waals surface area contributed by atoms with Crippen LogP contribution in [0.15, 0.2) is 22.7 Å². The number of aliphatic carboxylic acids is 1. The van der Waals surface area contributed by atoms with Crippen LogP contribution in [0.4, 0.5) is 13.2 Å². The average Bonchev–Trinajstić information content (AvgIpc) is 2.61. The lowest BCUT2D eigenvalue weighted by atomic mass is 9.99.